The molecule has 0 bridgehead atoms. The molecule has 0 radical (unpaired) electrons. The molecule has 0 spiro atoms. The van der Waals surface area contributed by atoms with Crippen molar-refractivity contribution < 1.29 is 9.53 Å². The summed E-state index contributed by atoms with van der Waals surface area (Å²) in [5.74, 6) is -0.0779. The summed E-state index contributed by atoms with van der Waals surface area (Å²) in [5, 5.41) is 0.633. The van der Waals surface area contributed by atoms with E-state index >= 15 is 0 Å². The molecule has 4 rings (SSSR count). The van der Waals surface area contributed by atoms with Gasteiger partial charge in [0.2, 0.25) is 0 Å². The highest BCUT2D eigenvalue weighted by atomic mass is 35.5. The van der Waals surface area contributed by atoms with Gasteiger partial charge in [0.25, 0.3) is 5.56 Å². The number of hydrogen-bond donors (Lipinski definition) is 0. The SMILES string of the molecule is CCOC(=O)C1=C(C)N=c2s/c(=C\c3ccc(Cl)cc3)c(=O)n2[C@H]1c1ccc(C(C)C)cc1. The number of esters is 1. The smallest absolute Gasteiger partial charge is 0.338 e. The molecule has 7 heteroatoms. The second-order valence-corrected chi connectivity index (χ2v) is 9.62. The van der Waals surface area contributed by atoms with Gasteiger partial charge in [-0.3, -0.25) is 9.36 Å². The highest BCUT2D eigenvalue weighted by molar-refractivity contribution is 7.07. The van der Waals surface area contributed by atoms with Crippen molar-refractivity contribution in [2.45, 2.75) is 39.7 Å². The molecule has 0 aliphatic carbocycles. The minimum Gasteiger partial charge on any atom is -0.463 e. The molecule has 0 fully saturated rings. The number of allylic oxidation sites excluding steroid dienone is 1. The number of rotatable bonds is 5. The Hall–Kier alpha value is -2.96. The Bertz CT molecular complexity index is 1400. The Kier molecular flexibility index (Phi) is 6.68. The molecule has 1 aliphatic rings. The molecule has 2 aromatic carbocycles. The van der Waals surface area contributed by atoms with Gasteiger partial charge in [-0.1, -0.05) is 73.2 Å². The minimum atomic E-state index is -0.603. The lowest BCUT2D eigenvalue weighted by atomic mass is 9.93. The van der Waals surface area contributed by atoms with Crippen LogP contribution in [0.5, 0.6) is 0 Å². The van der Waals surface area contributed by atoms with Crippen molar-refractivity contribution in [3.63, 3.8) is 0 Å². The second kappa shape index (κ2) is 9.49. The fourth-order valence-electron chi connectivity index (χ4n) is 3.88. The molecule has 1 aliphatic heterocycles. The fraction of sp³-hybridized carbons (Fsp3) is 0.269. The van der Waals surface area contributed by atoms with Crippen LogP contribution in [0.25, 0.3) is 6.08 Å². The van der Waals surface area contributed by atoms with Crippen molar-refractivity contribution in [1.82, 2.24) is 4.57 Å². The van der Waals surface area contributed by atoms with Gasteiger partial charge >= 0.3 is 5.97 Å². The number of ether oxygens (including phenoxy) is 1. The first-order chi connectivity index (χ1) is 15.8. The first-order valence-electron chi connectivity index (χ1n) is 10.8. The first-order valence-corrected chi connectivity index (χ1v) is 12.0. The van der Waals surface area contributed by atoms with Crippen LogP contribution in [0.2, 0.25) is 5.02 Å². The normalized spacial score (nSPS) is 16.1. The monoisotopic (exact) mass is 480 g/mol. The van der Waals surface area contributed by atoms with Crippen molar-refractivity contribution in [2.75, 3.05) is 6.61 Å². The molecular weight excluding hydrogens is 456 g/mol. The summed E-state index contributed by atoms with van der Waals surface area (Å²) in [4.78, 5) is 31.7. The quantitative estimate of drug-likeness (QED) is 0.502. The number of carbonyl (C=O) groups excluding carboxylic acids is 1. The summed E-state index contributed by atoms with van der Waals surface area (Å²) in [5.41, 5.74) is 3.65. The van der Waals surface area contributed by atoms with Crippen LogP contribution < -0.4 is 14.9 Å². The van der Waals surface area contributed by atoms with Gasteiger partial charge in [0.15, 0.2) is 4.80 Å². The number of aromatic nitrogens is 1. The third-order valence-corrected chi connectivity index (χ3v) is 6.84. The van der Waals surface area contributed by atoms with E-state index in [0.717, 1.165) is 11.1 Å². The van der Waals surface area contributed by atoms with Crippen LogP contribution in [0.1, 0.15) is 56.3 Å². The van der Waals surface area contributed by atoms with E-state index in [9.17, 15) is 9.59 Å². The molecule has 3 aromatic rings. The largest absolute Gasteiger partial charge is 0.463 e. The van der Waals surface area contributed by atoms with E-state index in [1.54, 1.807) is 30.5 Å². The van der Waals surface area contributed by atoms with Crippen LogP contribution in [-0.4, -0.2) is 17.1 Å². The number of carbonyl (C=O) groups is 1. The number of nitrogens with zero attached hydrogens (tertiary/aromatic N) is 2. The Balaban J connectivity index is 1.92. The maximum Gasteiger partial charge on any atom is 0.338 e. The Labute approximate surface area is 201 Å². The lowest BCUT2D eigenvalue weighted by Crippen LogP contribution is -2.39. The van der Waals surface area contributed by atoms with Crippen LogP contribution in [0.3, 0.4) is 0 Å². The van der Waals surface area contributed by atoms with E-state index < -0.39 is 12.0 Å². The fourth-order valence-corrected chi connectivity index (χ4v) is 5.05. The molecule has 33 heavy (non-hydrogen) atoms. The Morgan fingerprint density at radius 2 is 1.85 bits per heavy atom. The van der Waals surface area contributed by atoms with Gasteiger partial charge < -0.3 is 4.74 Å². The van der Waals surface area contributed by atoms with Crippen molar-refractivity contribution in [2.24, 2.45) is 4.99 Å². The summed E-state index contributed by atoms with van der Waals surface area (Å²) in [6.07, 6.45) is 1.82. The average molecular weight is 481 g/mol. The number of halogens is 1. The molecule has 0 saturated carbocycles. The lowest BCUT2D eigenvalue weighted by Gasteiger charge is -2.25. The molecule has 0 unspecified atom stereocenters. The molecule has 170 valence electrons. The van der Waals surface area contributed by atoms with Gasteiger partial charge in [-0.25, -0.2) is 9.79 Å². The van der Waals surface area contributed by atoms with Gasteiger partial charge in [0, 0.05) is 5.02 Å². The highest BCUT2D eigenvalue weighted by Crippen LogP contribution is 2.31. The second-order valence-electron chi connectivity index (χ2n) is 8.18. The Morgan fingerprint density at radius 3 is 2.45 bits per heavy atom. The van der Waals surface area contributed by atoms with Gasteiger partial charge in [0.1, 0.15) is 0 Å². The van der Waals surface area contributed by atoms with Crippen LogP contribution in [-0.2, 0) is 9.53 Å². The average Bonchev–Trinajstić information content (AvgIpc) is 3.09. The zero-order valence-electron chi connectivity index (χ0n) is 19.0. The summed E-state index contributed by atoms with van der Waals surface area (Å²) < 4.78 is 7.49. The van der Waals surface area contributed by atoms with E-state index in [0.29, 0.717) is 31.5 Å². The zero-order valence-corrected chi connectivity index (χ0v) is 20.5. The summed E-state index contributed by atoms with van der Waals surface area (Å²) in [7, 11) is 0. The van der Waals surface area contributed by atoms with Gasteiger partial charge in [0.05, 0.1) is 28.5 Å². The van der Waals surface area contributed by atoms with E-state index in [4.69, 9.17) is 16.3 Å². The molecule has 5 nitrogen and oxygen atoms in total. The van der Waals surface area contributed by atoms with Crippen molar-refractivity contribution >= 4 is 35.0 Å². The molecule has 0 N–H and O–H groups in total. The number of hydrogen-bond acceptors (Lipinski definition) is 5. The summed E-state index contributed by atoms with van der Waals surface area (Å²) >= 11 is 7.30. The van der Waals surface area contributed by atoms with Crippen LogP contribution in [0.4, 0.5) is 0 Å². The Morgan fingerprint density at radius 1 is 1.18 bits per heavy atom. The number of benzene rings is 2. The number of fused-ring (bicyclic) bond motifs is 1. The van der Waals surface area contributed by atoms with Crippen LogP contribution >= 0.6 is 22.9 Å². The van der Waals surface area contributed by atoms with Gasteiger partial charge in [-0.2, -0.15) is 0 Å². The van der Waals surface area contributed by atoms with E-state index in [-0.39, 0.29) is 12.2 Å². The number of thiazole rings is 1. The standard InChI is InChI=1S/C26H25ClN2O3S/c1-5-32-25(31)22-16(4)28-26-29(23(22)19-10-8-18(9-11-19)15(2)3)24(30)21(33-26)14-17-6-12-20(27)13-7-17/h6-15,23H,5H2,1-4H3/b21-14-/t23-/m0/s1. The van der Waals surface area contributed by atoms with Crippen LogP contribution in [0.15, 0.2) is 69.6 Å². The molecule has 2 heterocycles. The maximum atomic E-state index is 13.6. The first kappa shape index (κ1) is 23.2. The zero-order chi connectivity index (χ0) is 23.7. The van der Waals surface area contributed by atoms with E-state index in [1.807, 2.05) is 42.5 Å². The van der Waals surface area contributed by atoms with Crippen molar-refractivity contribution in [3.05, 3.63) is 101 Å². The molecule has 0 amide bonds. The van der Waals surface area contributed by atoms with E-state index in [1.165, 1.54) is 16.9 Å². The van der Waals surface area contributed by atoms with E-state index in [2.05, 4.69) is 18.8 Å². The summed E-state index contributed by atoms with van der Waals surface area (Å²) in [6, 6.07) is 14.7. The van der Waals surface area contributed by atoms with Crippen molar-refractivity contribution in [1.29, 1.82) is 0 Å². The highest BCUT2D eigenvalue weighted by Gasteiger charge is 2.33. The van der Waals surface area contributed by atoms with Gasteiger partial charge in [-0.05, 0) is 54.7 Å². The molecule has 0 saturated heterocycles. The molecule has 1 atom stereocenters. The third-order valence-electron chi connectivity index (χ3n) is 5.60. The van der Waals surface area contributed by atoms with Gasteiger partial charge in [-0.15, -0.1) is 0 Å². The molecular formula is C26H25ClN2O3S. The third kappa shape index (κ3) is 4.59. The predicted molar refractivity (Wildman–Crippen MR) is 132 cm³/mol. The van der Waals surface area contributed by atoms with Crippen molar-refractivity contribution in [3.8, 4) is 0 Å². The summed E-state index contributed by atoms with van der Waals surface area (Å²) in [6.45, 7) is 8.06. The minimum absolute atomic E-state index is 0.194. The topological polar surface area (TPSA) is 60.7 Å². The molecule has 1 aromatic heterocycles. The maximum absolute atomic E-state index is 13.6. The predicted octanol–water partition coefficient (Wildman–Crippen LogP) is 4.58. The lowest BCUT2D eigenvalue weighted by molar-refractivity contribution is -0.139. The van der Waals surface area contributed by atoms with Crippen LogP contribution in [0, 0.1) is 0 Å².